The summed E-state index contributed by atoms with van der Waals surface area (Å²) in [4.78, 5) is 0.115. The zero-order valence-corrected chi connectivity index (χ0v) is 14.9. The first-order valence-corrected chi connectivity index (χ1v) is 8.65. The van der Waals surface area contributed by atoms with Crippen LogP contribution in [0.5, 0.6) is 11.5 Å². The maximum Gasteiger partial charge on any atom is 0.162 e. The van der Waals surface area contributed by atoms with Gasteiger partial charge in [-0.15, -0.1) is 0 Å². The van der Waals surface area contributed by atoms with Crippen molar-refractivity contribution in [3.05, 3.63) is 57.6 Å². The van der Waals surface area contributed by atoms with Gasteiger partial charge in [-0.2, -0.15) is 0 Å². The number of ether oxygens (including phenoxy) is 2. The van der Waals surface area contributed by atoms with Crippen molar-refractivity contribution in [3.63, 3.8) is 0 Å². The Morgan fingerprint density at radius 3 is 2.29 bits per heavy atom. The lowest BCUT2D eigenvalue weighted by molar-refractivity contribution is 0.297. The Kier molecular flexibility index (Phi) is 4.55. The maximum atomic E-state index is 5.78. The van der Waals surface area contributed by atoms with E-state index in [9.17, 15) is 0 Å². The molecule has 0 saturated heterocycles. The van der Waals surface area contributed by atoms with Gasteiger partial charge in [-0.05, 0) is 30.2 Å². The minimum Gasteiger partial charge on any atom is -0.490 e. The largest absolute Gasteiger partial charge is 0.490 e. The van der Waals surface area contributed by atoms with Crippen molar-refractivity contribution in [1.29, 1.82) is 0 Å². The number of fused-ring (bicyclic) bond motifs is 1. The molecule has 0 amide bonds. The summed E-state index contributed by atoms with van der Waals surface area (Å²) in [6.45, 7) is 3.50. The summed E-state index contributed by atoms with van der Waals surface area (Å²) >= 11 is 7.44. The van der Waals surface area contributed by atoms with Crippen LogP contribution in [0.2, 0.25) is 0 Å². The molecule has 0 N–H and O–H groups in total. The minimum atomic E-state index is 0.115. The van der Waals surface area contributed by atoms with Crippen LogP contribution in [-0.4, -0.2) is 13.2 Å². The number of alkyl halides is 1. The van der Waals surface area contributed by atoms with Crippen LogP contribution >= 0.6 is 31.9 Å². The van der Waals surface area contributed by atoms with Crippen molar-refractivity contribution < 1.29 is 9.47 Å². The second kappa shape index (κ2) is 6.41. The molecule has 0 bridgehead atoms. The fourth-order valence-corrected chi connectivity index (χ4v) is 3.85. The van der Waals surface area contributed by atoms with Gasteiger partial charge in [0, 0.05) is 10.9 Å². The van der Waals surface area contributed by atoms with Gasteiger partial charge in [-0.1, -0.05) is 61.7 Å². The van der Waals surface area contributed by atoms with Crippen LogP contribution < -0.4 is 9.47 Å². The number of aryl methyl sites for hydroxylation is 1. The lowest BCUT2D eigenvalue weighted by Gasteiger charge is -2.16. The second-order valence-electron chi connectivity index (χ2n) is 5.14. The van der Waals surface area contributed by atoms with E-state index in [0.29, 0.717) is 13.2 Å². The standard InChI is InChI=1S/C17H16Br2O2/c1-11-3-5-12(6-4-11)17(19)13-9-15-16(10-14(13)18)21-8-2-7-20-15/h3-6,9-10,17H,2,7-8H2,1H3. The first-order valence-electron chi connectivity index (χ1n) is 6.95. The van der Waals surface area contributed by atoms with Crippen molar-refractivity contribution in [3.8, 4) is 11.5 Å². The summed E-state index contributed by atoms with van der Waals surface area (Å²) in [6.07, 6.45) is 0.914. The van der Waals surface area contributed by atoms with Crippen LogP contribution in [0, 0.1) is 6.92 Å². The molecule has 3 rings (SSSR count). The Bertz CT molecular complexity index is 638. The van der Waals surface area contributed by atoms with E-state index in [1.807, 2.05) is 6.07 Å². The number of hydrogen-bond donors (Lipinski definition) is 0. The van der Waals surface area contributed by atoms with Crippen LogP contribution in [0.1, 0.15) is 27.9 Å². The lowest BCUT2D eigenvalue weighted by atomic mass is 10.0. The predicted molar refractivity (Wildman–Crippen MR) is 91.7 cm³/mol. The third kappa shape index (κ3) is 3.27. The first kappa shape index (κ1) is 14.9. The van der Waals surface area contributed by atoms with Gasteiger partial charge >= 0.3 is 0 Å². The summed E-state index contributed by atoms with van der Waals surface area (Å²) in [5.74, 6) is 1.63. The first-order chi connectivity index (χ1) is 10.1. The molecule has 2 aromatic rings. The van der Waals surface area contributed by atoms with E-state index < -0.39 is 0 Å². The zero-order valence-electron chi connectivity index (χ0n) is 11.7. The van der Waals surface area contributed by atoms with E-state index in [-0.39, 0.29) is 4.83 Å². The van der Waals surface area contributed by atoms with Crippen molar-refractivity contribution in [2.45, 2.75) is 18.2 Å². The molecule has 1 atom stereocenters. The summed E-state index contributed by atoms with van der Waals surface area (Å²) in [6, 6.07) is 12.6. The van der Waals surface area contributed by atoms with Crippen molar-refractivity contribution in [2.75, 3.05) is 13.2 Å². The Labute approximate surface area is 141 Å². The van der Waals surface area contributed by atoms with E-state index in [0.717, 1.165) is 28.0 Å². The van der Waals surface area contributed by atoms with E-state index >= 15 is 0 Å². The van der Waals surface area contributed by atoms with Gasteiger partial charge in [-0.25, -0.2) is 0 Å². The summed E-state index contributed by atoms with van der Waals surface area (Å²) in [5.41, 5.74) is 3.62. The smallest absolute Gasteiger partial charge is 0.162 e. The van der Waals surface area contributed by atoms with Crippen LogP contribution in [-0.2, 0) is 0 Å². The zero-order chi connectivity index (χ0) is 14.8. The Morgan fingerprint density at radius 1 is 1.00 bits per heavy atom. The monoisotopic (exact) mass is 410 g/mol. The molecule has 0 aliphatic carbocycles. The molecule has 1 aliphatic rings. The molecule has 1 aliphatic heterocycles. The predicted octanol–water partition coefficient (Wildman–Crippen LogP) is 5.40. The topological polar surface area (TPSA) is 18.5 Å². The number of rotatable bonds is 2. The molecule has 1 heterocycles. The normalized spacial score (nSPS) is 15.4. The van der Waals surface area contributed by atoms with E-state index in [1.165, 1.54) is 11.1 Å². The van der Waals surface area contributed by atoms with E-state index in [4.69, 9.17) is 9.47 Å². The second-order valence-corrected chi connectivity index (χ2v) is 6.91. The summed E-state index contributed by atoms with van der Waals surface area (Å²) in [5, 5.41) is 0. The molecule has 0 aromatic heterocycles. The van der Waals surface area contributed by atoms with Gasteiger partial charge in [-0.3, -0.25) is 0 Å². The molecule has 1 unspecified atom stereocenters. The van der Waals surface area contributed by atoms with Gasteiger partial charge in [0.15, 0.2) is 11.5 Å². The van der Waals surface area contributed by atoms with Crippen LogP contribution in [0.3, 0.4) is 0 Å². The van der Waals surface area contributed by atoms with Gasteiger partial charge in [0.2, 0.25) is 0 Å². The average Bonchev–Trinajstić information content (AvgIpc) is 2.71. The van der Waals surface area contributed by atoms with E-state index in [2.05, 4.69) is 69.1 Å². The average molecular weight is 412 g/mol. The molecule has 2 aromatic carbocycles. The lowest BCUT2D eigenvalue weighted by Crippen LogP contribution is -1.98. The highest BCUT2D eigenvalue weighted by molar-refractivity contribution is 9.11. The molecule has 21 heavy (non-hydrogen) atoms. The van der Waals surface area contributed by atoms with Crippen molar-refractivity contribution >= 4 is 31.9 Å². The van der Waals surface area contributed by atoms with Crippen molar-refractivity contribution in [1.82, 2.24) is 0 Å². The molecule has 110 valence electrons. The molecule has 4 heteroatoms. The molecule has 0 saturated carbocycles. The number of hydrogen-bond acceptors (Lipinski definition) is 2. The van der Waals surface area contributed by atoms with Crippen LogP contribution in [0.15, 0.2) is 40.9 Å². The Hall–Kier alpha value is -1.00. The third-order valence-electron chi connectivity index (χ3n) is 3.51. The molecule has 0 fully saturated rings. The van der Waals surface area contributed by atoms with Gasteiger partial charge in [0.05, 0.1) is 18.0 Å². The highest BCUT2D eigenvalue weighted by atomic mass is 79.9. The molecular formula is C17H16Br2O2. The quantitative estimate of drug-likeness (QED) is 0.615. The number of benzene rings is 2. The van der Waals surface area contributed by atoms with Gasteiger partial charge < -0.3 is 9.47 Å². The molecule has 0 spiro atoms. The maximum absolute atomic E-state index is 5.78. The molecule has 2 nitrogen and oxygen atoms in total. The fourth-order valence-electron chi connectivity index (χ4n) is 2.31. The van der Waals surface area contributed by atoms with E-state index in [1.54, 1.807) is 0 Å². The Balaban J connectivity index is 1.97. The molecule has 0 radical (unpaired) electrons. The van der Waals surface area contributed by atoms with Crippen LogP contribution in [0.25, 0.3) is 0 Å². The summed E-state index contributed by atoms with van der Waals surface area (Å²) in [7, 11) is 0. The van der Waals surface area contributed by atoms with Gasteiger partial charge in [0.25, 0.3) is 0 Å². The highest BCUT2D eigenvalue weighted by Crippen LogP contribution is 2.42. The van der Waals surface area contributed by atoms with Crippen molar-refractivity contribution in [2.24, 2.45) is 0 Å². The molecular weight excluding hydrogens is 396 g/mol. The highest BCUT2D eigenvalue weighted by Gasteiger charge is 2.19. The summed E-state index contributed by atoms with van der Waals surface area (Å²) < 4.78 is 12.5. The Morgan fingerprint density at radius 2 is 1.62 bits per heavy atom. The van der Waals surface area contributed by atoms with Crippen LogP contribution in [0.4, 0.5) is 0 Å². The SMILES string of the molecule is Cc1ccc(C(Br)c2cc3c(cc2Br)OCCCO3)cc1. The fraction of sp³-hybridized carbons (Fsp3) is 0.294. The van der Waals surface area contributed by atoms with Gasteiger partial charge in [0.1, 0.15) is 0 Å². The third-order valence-corrected chi connectivity index (χ3v) is 5.22. The minimum absolute atomic E-state index is 0.115. The number of halogens is 2.